The summed E-state index contributed by atoms with van der Waals surface area (Å²) >= 11 is 0. The maximum Gasteiger partial charge on any atom is 0.338 e. The molecule has 0 aliphatic rings. The third-order valence-electron chi connectivity index (χ3n) is 3.83. The van der Waals surface area contributed by atoms with Crippen LogP contribution >= 0.6 is 0 Å². The second-order valence-corrected chi connectivity index (χ2v) is 9.22. The maximum absolute atomic E-state index is 12.4. The number of nitrogens with zero attached hydrogens (tertiary/aromatic N) is 2. The molecule has 0 aromatic heterocycles. The number of carbonyl (C=O) groups is 2. The average molecular weight is 415 g/mol. The Hall–Kier alpha value is -1.97. The van der Waals surface area contributed by atoms with Gasteiger partial charge in [-0.2, -0.15) is 0 Å². The second-order valence-electron chi connectivity index (χ2n) is 7.28. The van der Waals surface area contributed by atoms with Crippen LogP contribution in [0.1, 0.15) is 38.1 Å². The number of hydrogen-bond acceptors (Lipinski definition) is 6. The fraction of sp³-hybridized carbons (Fsp3) is 0.579. The van der Waals surface area contributed by atoms with Gasteiger partial charge in [-0.05, 0) is 36.1 Å². The molecule has 0 aliphatic heterocycles. The smallest absolute Gasteiger partial charge is 0.338 e. The van der Waals surface area contributed by atoms with Crippen LogP contribution < -0.4 is 0 Å². The maximum atomic E-state index is 12.4. The molecule has 0 saturated carbocycles. The highest BCUT2D eigenvalue weighted by Crippen LogP contribution is 2.16. The van der Waals surface area contributed by atoms with Crippen LogP contribution in [0.3, 0.4) is 0 Å². The molecule has 28 heavy (non-hydrogen) atoms. The zero-order valence-electron chi connectivity index (χ0n) is 17.3. The highest BCUT2D eigenvalue weighted by molar-refractivity contribution is 7.89. The molecule has 0 unspecified atom stereocenters. The molecule has 0 heterocycles. The van der Waals surface area contributed by atoms with E-state index in [-0.39, 0.29) is 23.0 Å². The average Bonchev–Trinajstić information content (AvgIpc) is 2.63. The van der Waals surface area contributed by atoms with Gasteiger partial charge in [0.1, 0.15) is 0 Å². The van der Waals surface area contributed by atoms with Gasteiger partial charge in [0.15, 0.2) is 6.61 Å². The number of rotatable bonds is 10. The SMILES string of the molecule is CON(C)S(=O)(=O)c1ccc(C(=O)OCC(=O)N(CC(C)C)CC(C)C)cc1. The molecular formula is C19H30N2O6S. The summed E-state index contributed by atoms with van der Waals surface area (Å²) in [7, 11) is -1.29. The first-order chi connectivity index (χ1) is 13.0. The largest absolute Gasteiger partial charge is 0.452 e. The second kappa shape index (κ2) is 10.5. The topological polar surface area (TPSA) is 93.2 Å². The molecule has 0 radical (unpaired) electrons. The number of hydrogen-bond donors (Lipinski definition) is 0. The van der Waals surface area contributed by atoms with Crippen LogP contribution in [0, 0.1) is 11.8 Å². The van der Waals surface area contributed by atoms with E-state index in [1.165, 1.54) is 38.4 Å². The fourth-order valence-corrected chi connectivity index (χ4v) is 3.44. The van der Waals surface area contributed by atoms with Crippen molar-refractivity contribution in [1.29, 1.82) is 0 Å². The molecule has 1 rings (SSSR count). The van der Waals surface area contributed by atoms with Crippen LogP contribution in [0.4, 0.5) is 0 Å². The summed E-state index contributed by atoms with van der Waals surface area (Å²) in [6.45, 7) is 8.89. The van der Waals surface area contributed by atoms with Crippen LogP contribution in [-0.2, 0) is 24.4 Å². The standard InChI is InChI=1S/C19H30N2O6S/c1-14(2)11-21(12-15(3)4)18(22)13-27-19(23)16-7-9-17(10-8-16)28(24,25)20(5)26-6/h7-10,14-15H,11-13H2,1-6H3. The minimum absolute atomic E-state index is 0.0236. The van der Waals surface area contributed by atoms with E-state index < -0.39 is 16.0 Å². The van der Waals surface area contributed by atoms with Crippen molar-refractivity contribution >= 4 is 21.9 Å². The van der Waals surface area contributed by atoms with Gasteiger partial charge in [-0.1, -0.05) is 32.2 Å². The molecule has 0 spiro atoms. The molecule has 0 atom stereocenters. The lowest BCUT2D eigenvalue weighted by molar-refractivity contribution is -0.135. The molecule has 158 valence electrons. The van der Waals surface area contributed by atoms with Gasteiger partial charge in [-0.25, -0.2) is 13.2 Å². The van der Waals surface area contributed by atoms with E-state index in [0.29, 0.717) is 24.9 Å². The minimum Gasteiger partial charge on any atom is -0.452 e. The zero-order chi connectivity index (χ0) is 21.5. The highest BCUT2D eigenvalue weighted by atomic mass is 32.2. The van der Waals surface area contributed by atoms with Gasteiger partial charge in [0, 0.05) is 20.1 Å². The van der Waals surface area contributed by atoms with Gasteiger partial charge in [0.2, 0.25) is 0 Å². The van der Waals surface area contributed by atoms with E-state index in [4.69, 9.17) is 9.57 Å². The van der Waals surface area contributed by atoms with Gasteiger partial charge >= 0.3 is 5.97 Å². The van der Waals surface area contributed by atoms with Crippen molar-refractivity contribution in [2.24, 2.45) is 11.8 Å². The minimum atomic E-state index is -3.79. The van der Waals surface area contributed by atoms with Crippen LogP contribution in [0.2, 0.25) is 0 Å². The summed E-state index contributed by atoms with van der Waals surface area (Å²) in [6, 6.07) is 5.24. The number of amides is 1. The lowest BCUT2D eigenvalue weighted by atomic mass is 10.1. The molecule has 0 fully saturated rings. The number of hydroxylamine groups is 1. The normalized spacial score (nSPS) is 11.9. The number of sulfonamides is 1. The summed E-state index contributed by atoms with van der Waals surface area (Å²) in [5, 5.41) is 0. The lowest BCUT2D eigenvalue weighted by Crippen LogP contribution is -2.39. The highest BCUT2D eigenvalue weighted by Gasteiger charge is 2.22. The Morgan fingerprint density at radius 2 is 1.50 bits per heavy atom. The summed E-state index contributed by atoms with van der Waals surface area (Å²) < 4.78 is 30.1. The van der Waals surface area contributed by atoms with E-state index in [1.807, 2.05) is 27.7 Å². The summed E-state index contributed by atoms with van der Waals surface area (Å²) in [5.74, 6) is -0.334. The van der Waals surface area contributed by atoms with Crippen LogP contribution in [0.5, 0.6) is 0 Å². The summed E-state index contributed by atoms with van der Waals surface area (Å²) in [5.41, 5.74) is 0.158. The third-order valence-corrected chi connectivity index (χ3v) is 5.53. The summed E-state index contributed by atoms with van der Waals surface area (Å²) in [4.78, 5) is 31.0. The molecule has 0 aliphatic carbocycles. The van der Waals surface area contributed by atoms with E-state index in [1.54, 1.807) is 4.90 Å². The fourth-order valence-electron chi connectivity index (χ4n) is 2.47. The first-order valence-corrected chi connectivity index (χ1v) is 10.5. The number of carbonyl (C=O) groups excluding carboxylic acids is 2. The van der Waals surface area contributed by atoms with Crippen molar-refractivity contribution in [3.8, 4) is 0 Å². The van der Waals surface area contributed by atoms with Crippen LogP contribution in [0.15, 0.2) is 29.2 Å². The lowest BCUT2D eigenvalue weighted by Gasteiger charge is -2.26. The zero-order valence-corrected chi connectivity index (χ0v) is 18.2. The molecule has 1 aromatic carbocycles. The van der Waals surface area contributed by atoms with Crippen LogP contribution in [0.25, 0.3) is 0 Å². The Kier molecular flexibility index (Phi) is 9.06. The van der Waals surface area contributed by atoms with Gasteiger partial charge in [-0.15, -0.1) is 0 Å². The number of ether oxygens (including phenoxy) is 1. The van der Waals surface area contributed by atoms with E-state index in [0.717, 1.165) is 4.47 Å². The van der Waals surface area contributed by atoms with Gasteiger partial charge in [0.25, 0.3) is 15.9 Å². The van der Waals surface area contributed by atoms with Crippen molar-refractivity contribution in [2.75, 3.05) is 33.9 Å². The van der Waals surface area contributed by atoms with Gasteiger partial charge in [-0.3, -0.25) is 9.63 Å². The monoisotopic (exact) mass is 414 g/mol. The Balaban J connectivity index is 2.76. The van der Waals surface area contributed by atoms with E-state index >= 15 is 0 Å². The Morgan fingerprint density at radius 3 is 1.93 bits per heavy atom. The van der Waals surface area contributed by atoms with E-state index in [9.17, 15) is 18.0 Å². The first-order valence-electron chi connectivity index (χ1n) is 9.07. The van der Waals surface area contributed by atoms with Crippen molar-refractivity contribution < 1.29 is 27.6 Å². The van der Waals surface area contributed by atoms with Gasteiger partial charge in [0.05, 0.1) is 17.6 Å². The number of benzene rings is 1. The van der Waals surface area contributed by atoms with Crippen molar-refractivity contribution in [1.82, 2.24) is 9.37 Å². The molecule has 1 amide bonds. The van der Waals surface area contributed by atoms with Gasteiger partial charge < -0.3 is 9.64 Å². The van der Waals surface area contributed by atoms with Crippen LogP contribution in [-0.4, -0.2) is 63.5 Å². The predicted molar refractivity (Wildman–Crippen MR) is 105 cm³/mol. The molecule has 9 heteroatoms. The molecule has 8 nitrogen and oxygen atoms in total. The Morgan fingerprint density at radius 1 is 1.00 bits per heavy atom. The molecule has 0 N–H and O–H groups in total. The van der Waals surface area contributed by atoms with Crippen molar-refractivity contribution in [3.05, 3.63) is 29.8 Å². The predicted octanol–water partition coefficient (Wildman–Crippen LogP) is 2.17. The molecular weight excluding hydrogens is 384 g/mol. The van der Waals surface area contributed by atoms with Crippen molar-refractivity contribution in [2.45, 2.75) is 32.6 Å². The third kappa shape index (κ3) is 6.88. The first kappa shape index (κ1) is 24.1. The van der Waals surface area contributed by atoms with E-state index in [2.05, 4.69) is 0 Å². The molecule has 1 aromatic rings. The summed E-state index contributed by atoms with van der Waals surface area (Å²) in [6.07, 6.45) is 0. The molecule has 0 saturated heterocycles. The Labute approximate surface area is 167 Å². The Bertz CT molecular complexity index is 749. The quantitative estimate of drug-likeness (QED) is 0.430. The molecule has 0 bridgehead atoms. The van der Waals surface area contributed by atoms with Crippen molar-refractivity contribution in [3.63, 3.8) is 0 Å². The number of esters is 1.